The Morgan fingerprint density at radius 1 is 1.44 bits per heavy atom. The summed E-state index contributed by atoms with van der Waals surface area (Å²) in [5, 5.41) is 11.0. The molecule has 2 fully saturated rings. The highest BCUT2D eigenvalue weighted by atomic mass is 32.1. The van der Waals surface area contributed by atoms with Gasteiger partial charge in [-0.25, -0.2) is 4.79 Å². The van der Waals surface area contributed by atoms with E-state index >= 15 is 0 Å². The number of ether oxygens (including phenoxy) is 1. The van der Waals surface area contributed by atoms with Crippen LogP contribution in [0.3, 0.4) is 0 Å². The molecule has 4 nitrogen and oxygen atoms in total. The molecule has 1 aliphatic heterocycles. The van der Waals surface area contributed by atoms with Gasteiger partial charge in [-0.2, -0.15) is 0 Å². The first-order valence-electron chi connectivity index (χ1n) is 6.46. The van der Waals surface area contributed by atoms with E-state index in [-0.39, 0.29) is 0 Å². The SMILES string of the molecule is O=C(O)c1cc(N2CCOC3CCCCC32)cs1. The van der Waals surface area contributed by atoms with Crippen LogP contribution in [0.15, 0.2) is 11.4 Å². The summed E-state index contributed by atoms with van der Waals surface area (Å²) in [7, 11) is 0. The summed E-state index contributed by atoms with van der Waals surface area (Å²) in [6, 6.07) is 2.23. The maximum absolute atomic E-state index is 10.9. The molecule has 0 radical (unpaired) electrons. The number of morpholine rings is 1. The molecule has 3 rings (SSSR count). The van der Waals surface area contributed by atoms with E-state index in [4.69, 9.17) is 9.84 Å². The minimum absolute atomic E-state index is 0.334. The standard InChI is InChI=1S/C13H17NO3S/c15-13(16)12-7-9(8-18-12)14-5-6-17-11-4-2-1-3-10(11)14/h7-8,10-11H,1-6H2,(H,15,16). The molecule has 2 atom stereocenters. The van der Waals surface area contributed by atoms with Gasteiger partial charge in [-0.05, 0) is 18.9 Å². The fourth-order valence-corrected chi connectivity index (χ4v) is 3.75. The lowest BCUT2D eigenvalue weighted by Crippen LogP contribution is -2.52. The molecule has 0 amide bonds. The second-order valence-electron chi connectivity index (χ2n) is 4.93. The van der Waals surface area contributed by atoms with Crippen molar-refractivity contribution < 1.29 is 14.6 Å². The van der Waals surface area contributed by atoms with Crippen molar-refractivity contribution in [1.82, 2.24) is 0 Å². The molecule has 2 aliphatic rings. The zero-order chi connectivity index (χ0) is 12.5. The van der Waals surface area contributed by atoms with Gasteiger partial charge in [0.2, 0.25) is 0 Å². The molecule has 0 bridgehead atoms. The van der Waals surface area contributed by atoms with Crippen LogP contribution in [-0.2, 0) is 4.74 Å². The van der Waals surface area contributed by atoms with Crippen LogP contribution in [0.25, 0.3) is 0 Å². The number of carboxylic acids is 1. The first kappa shape index (κ1) is 12.0. The zero-order valence-electron chi connectivity index (χ0n) is 10.2. The van der Waals surface area contributed by atoms with Gasteiger partial charge < -0.3 is 14.7 Å². The average molecular weight is 267 g/mol. The molecule has 98 valence electrons. The smallest absolute Gasteiger partial charge is 0.345 e. The fraction of sp³-hybridized carbons (Fsp3) is 0.615. The number of fused-ring (bicyclic) bond motifs is 1. The van der Waals surface area contributed by atoms with Gasteiger partial charge in [0.05, 0.1) is 18.8 Å². The van der Waals surface area contributed by atoms with Gasteiger partial charge in [0.1, 0.15) is 4.88 Å². The number of aromatic carboxylic acids is 1. The molecule has 1 aliphatic carbocycles. The number of carboxylic acid groups (broad SMARTS) is 1. The van der Waals surface area contributed by atoms with E-state index in [0.717, 1.165) is 31.7 Å². The van der Waals surface area contributed by atoms with Crippen molar-refractivity contribution in [2.75, 3.05) is 18.1 Å². The molecular weight excluding hydrogens is 250 g/mol. The van der Waals surface area contributed by atoms with Crippen LogP contribution < -0.4 is 4.90 Å². The van der Waals surface area contributed by atoms with E-state index in [2.05, 4.69) is 4.90 Å². The maximum atomic E-state index is 10.9. The highest BCUT2D eigenvalue weighted by Gasteiger charge is 2.34. The quantitative estimate of drug-likeness (QED) is 0.895. The molecule has 1 saturated carbocycles. The van der Waals surface area contributed by atoms with Gasteiger partial charge >= 0.3 is 5.97 Å². The van der Waals surface area contributed by atoms with Crippen LogP contribution in [0.5, 0.6) is 0 Å². The van der Waals surface area contributed by atoms with E-state index in [9.17, 15) is 4.79 Å². The lowest BCUT2D eigenvalue weighted by Gasteiger charge is -2.44. The van der Waals surface area contributed by atoms with Crippen LogP contribution >= 0.6 is 11.3 Å². The summed E-state index contributed by atoms with van der Waals surface area (Å²) in [4.78, 5) is 13.7. The van der Waals surface area contributed by atoms with Gasteiger partial charge in [-0.15, -0.1) is 11.3 Å². The Hall–Kier alpha value is -1.07. The molecule has 1 N–H and O–H groups in total. The van der Waals surface area contributed by atoms with Crippen molar-refractivity contribution in [3.63, 3.8) is 0 Å². The molecule has 2 unspecified atom stereocenters. The minimum Gasteiger partial charge on any atom is -0.477 e. The average Bonchev–Trinajstić information content (AvgIpc) is 2.87. The summed E-state index contributed by atoms with van der Waals surface area (Å²) in [5.74, 6) is -0.834. The van der Waals surface area contributed by atoms with E-state index in [1.165, 1.54) is 24.2 Å². The Morgan fingerprint density at radius 2 is 2.28 bits per heavy atom. The number of rotatable bonds is 2. The van der Waals surface area contributed by atoms with Crippen molar-refractivity contribution >= 4 is 23.0 Å². The summed E-state index contributed by atoms with van der Waals surface area (Å²) >= 11 is 1.31. The van der Waals surface area contributed by atoms with Crippen molar-refractivity contribution in [3.8, 4) is 0 Å². The van der Waals surface area contributed by atoms with Crippen molar-refractivity contribution in [2.24, 2.45) is 0 Å². The molecule has 5 heteroatoms. The zero-order valence-corrected chi connectivity index (χ0v) is 11.0. The van der Waals surface area contributed by atoms with Crippen LogP contribution in [0.4, 0.5) is 5.69 Å². The molecule has 18 heavy (non-hydrogen) atoms. The Bertz CT molecular complexity index is 443. The monoisotopic (exact) mass is 267 g/mol. The highest BCUT2D eigenvalue weighted by Crippen LogP contribution is 2.34. The van der Waals surface area contributed by atoms with Gasteiger partial charge in [-0.1, -0.05) is 12.8 Å². The van der Waals surface area contributed by atoms with E-state index in [1.807, 2.05) is 5.38 Å². The van der Waals surface area contributed by atoms with Crippen LogP contribution in [0, 0.1) is 0 Å². The summed E-state index contributed by atoms with van der Waals surface area (Å²) in [6.45, 7) is 1.62. The third-order valence-corrected chi connectivity index (χ3v) is 4.77. The molecule has 0 aromatic carbocycles. The topological polar surface area (TPSA) is 49.8 Å². The van der Waals surface area contributed by atoms with Gasteiger partial charge in [0.25, 0.3) is 0 Å². The molecule has 1 aromatic rings. The first-order chi connectivity index (χ1) is 8.75. The summed E-state index contributed by atoms with van der Waals surface area (Å²) < 4.78 is 5.83. The van der Waals surface area contributed by atoms with Crippen molar-refractivity contribution in [1.29, 1.82) is 0 Å². The maximum Gasteiger partial charge on any atom is 0.345 e. The van der Waals surface area contributed by atoms with Crippen molar-refractivity contribution in [2.45, 2.75) is 37.8 Å². The van der Waals surface area contributed by atoms with Crippen molar-refractivity contribution in [3.05, 3.63) is 16.3 Å². The van der Waals surface area contributed by atoms with E-state index in [0.29, 0.717) is 17.0 Å². The number of anilines is 1. The Labute approximate surface area is 110 Å². The molecule has 0 spiro atoms. The molecular formula is C13H17NO3S. The third kappa shape index (κ3) is 2.12. The second-order valence-corrected chi connectivity index (χ2v) is 5.84. The highest BCUT2D eigenvalue weighted by molar-refractivity contribution is 7.12. The van der Waals surface area contributed by atoms with Crippen LogP contribution in [0.2, 0.25) is 0 Å². The van der Waals surface area contributed by atoms with Gasteiger partial charge in [-0.3, -0.25) is 0 Å². The number of hydrogen-bond donors (Lipinski definition) is 1. The minimum atomic E-state index is -0.834. The lowest BCUT2D eigenvalue weighted by molar-refractivity contribution is -0.00864. The second kappa shape index (κ2) is 4.90. The summed E-state index contributed by atoms with van der Waals surface area (Å²) in [6.07, 6.45) is 5.12. The van der Waals surface area contributed by atoms with Gasteiger partial charge in [0, 0.05) is 17.6 Å². The van der Waals surface area contributed by atoms with E-state index < -0.39 is 5.97 Å². The lowest BCUT2D eigenvalue weighted by atomic mass is 9.90. The predicted octanol–water partition coefficient (Wildman–Crippen LogP) is 2.59. The third-order valence-electron chi connectivity index (χ3n) is 3.86. The summed E-state index contributed by atoms with van der Waals surface area (Å²) in [5.41, 5.74) is 1.05. The number of carbonyl (C=O) groups is 1. The van der Waals surface area contributed by atoms with Crippen LogP contribution in [-0.4, -0.2) is 36.4 Å². The van der Waals surface area contributed by atoms with Gasteiger partial charge in [0.15, 0.2) is 0 Å². The molecule has 2 heterocycles. The van der Waals surface area contributed by atoms with Crippen LogP contribution in [0.1, 0.15) is 35.4 Å². The number of nitrogens with zero attached hydrogens (tertiary/aromatic N) is 1. The predicted molar refractivity (Wildman–Crippen MR) is 70.6 cm³/mol. The molecule has 1 saturated heterocycles. The number of hydrogen-bond acceptors (Lipinski definition) is 4. The Kier molecular flexibility index (Phi) is 3.26. The van der Waals surface area contributed by atoms with E-state index in [1.54, 1.807) is 6.07 Å². The molecule has 1 aromatic heterocycles. The first-order valence-corrected chi connectivity index (χ1v) is 7.34. The largest absolute Gasteiger partial charge is 0.477 e. The fourth-order valence-electron chi connectivity index (χ4n) is 3.01. The number of thiophene rings is 1. The Morgan fingerprint density at radius 3 is 3.06 bits per heavy atom. The Balaban J connectivity index is 1.82. The normalized spacial score (nSPS) is 27.9.